The monoisotopic (exact) mass is 326 g/mol. The molecule has 0 bridgehead atoms. The molecule has 2 aliphatic rings. The summed E-state index contributed by atoms with van der Waals surface area (Å²) in [7, 11) is 2.04. The van der Waals surface area contributed by atoms with Crippen LogP contribution in [0.15, 0.2) is 31.1 Å². The highest BCUT2D eigenvalue weighted by Crippen LogP contribution is 2.48. The van der Waals surface area contributed by atoms with Crippen LogP contribution in [0, 0.1) is 5.41 Å². The van der Waals surface area contributed by atoms with Gasteiger partial charge < -0.3 is 9.88 Å². The second-order valence-electron chi connectivity index (χ2n) is 7.13. The number of carbonyl (C=O) groups excluding carboxylic acids is 1. The number of imidazole rings is 1. The van der Waals surface area contributed by atoms with Crippen LogP contribution in [0.1, 0.15) is 35.4 Å². The average Bonchev–Trinajstić information content (AvgIpc) is 3.15. The molecule has 0 atom stereocenters. The Balaban J connectivity index is 1.28. The van der Waals surface area contributed by atoms with Crippen LogP contribution in [0.25, 0.3) is 0 Å². The van der Waals surface area contributed by atoms with E-state index in [1.54, 1.807) is 12.4 Å². The van der Waals surface area contributed by atoms with Crippen molar-refractivity contribution in [3.8, 4) is 0 Å². The summed E-state index contributed by atoms with van der Waals surface area (Å²) in [6.45, 7) is 3.18. The van der Waals surface area contributed by atoms with Gasteiger partial charge in [0.2, 0.25) is 0 Å². The van der Waals surface area contributed by atoms with Gasteiger partial charge in [-0.15, -0.1) is 0 Å². The molecule has 1 amide bonds. The second kappa shape index (κ2) is 5.98. The van der Waals surface area contributed by atoms with Crippen molar-refractivity contribution in [2.75, 3.05) is 13.1 Å². The summed E-state index contributed by atoms with van der Waals surface area (Å²) in [5, 5.41) is 3.08. The zero-order chi connectivity index (χ0) is 16.6. The highest BCUT2D eigenvalue weighted by Gasteiger charge is 2.48. The van der Waals surface area contributed by atoms with Crippen LogP contribution in [0.4, 0.5) is 0 Å². The number of aromatic nitrogens is 4. The van der Waals surface area contributed by atoms with Gasteiger partial charge in [0.15, 0.2) is 0 Å². The number of amides is 1. The molecule has 2 aromatic heterocycles. The van der Waals surface area contributed by atoms with Gasteiger partial charge in [0.05, 0.1) is 18.2 Å². The van der Waals surface area contributed by atoms with Gasteiger partial charge in [-0.25, -0.2) is 9.97 Å². The predicted molar refractivity (Wildman–Crippen MR) is 88.1 cm³/mol. The normalized spacial score (nSPS) is 26.5. The van der Waals surface area contributed by atoms with Crippen molar-refractivity contribution >= 4 is 5.91 Å². The number of carbonyl (C=O) groups is 1. The first-order valence-corrected chi connectivity index (χ1v) is 8.38. The SMILES string of the molecule is Cn1cncc1CN1CCC2(CC(NC(=O)c3cnccn3)C2)C1. The fraction of sp³-hybridized carbons (Fsp3) is 0.529. The summed E-state index contributed by atoms with van der Waals surface area (Å²) < 4.78 is 2.08. The quantitative estimate of drug-likeness (QED) is 0.907. The van der Waals surface area contributed by atoms with E-state index < -0.39 is 0 Å². The van der Waals surface area contributed by atoms with Gasteiger partial charge >= 0.3 is 0 Å². The van der Waals surface area contributed by atoms with Gasteiger partial charge in [-0.1, -0.05) is 0 Å². The molecule has 7 nitrogen and oxygen atoms in total. The molecule has 7 heteroatoms. The van der Waals surface area contributed by atoms with Crippen molar-refractivity contribution in [3.05, 3.63) is 42.5 Å². The zero-order valence-electron chi connectivity index (χ0n) is 13.9. The Morgan fingerprint density at radius 2 is 2.21 bits per heavy atom. The van der Waals surface area contributed by atoms with Crippen molar-refractivity contribution in [1.29, 1.82) is 0 Å². The Morgan fingerprint density at radius 3 is 2.92 bits per heavy atom. The molecule has 2 fully saturated rings. The summed E-state index contributed by atoms with van der Waals surface area (Å²) in [4.78, 5) is 26.8. The van der Waals surface area contributed by atoms with Crippen LogP contribution >= 0.6 is 0 Å². The van der Waals surface area contributed by atoms with Crippen LogP contribution in [-0.2, 0) is 13.6 Å². The number of nitrogens with zero attached hydrogens (tertiary/aromatic N) is 5. The van der Waals surface area contributed by atoms with E-state index in [1.165, 1.54) is 18.3 Å². The van der Waals surface area contributed by atoms with E-state index in [0.29, 0.717) is 11.1 Å². The number of aryl methyl sites for hydroxylation is 1. The number of nitrogens with one attached hydrogen (secondary N) is 1. The predicted octanol–water partition coefficient (Wildman–Crippen LogP) is 0.995. The molecular formula is C17H22N6O. The van der Waals surface area contributed by atoms with E-state index in [1.807, 2.05) is 19.6 Å². The fourth-order valence-corrected chi connectivity index (χ4v) is 4.03. The largest absolute Gasteiger partial charge is 0.348 e. The third-order valence-corrected chi connectivity index (χ3v) is 5.31. The fourth-order valence-electron chi connectivity index (χ4n) is 4.03. The third-order valence-electron chi connectivity index (χ3n) is 5.31. The van der Waals surface area contributed by atoms with Gasteiger partial charge in [0.25, 0.3) is 5.91 Å². The van der Waals surface area contributed by atoms with E-state index in [4.69, 9.17) is 0 Å². The van der Waals surface area contributed by atoms with Gasteiger partial charge in [-0.3, -0.25) is 14.7 Å². The van der Waals surface area contributed by atoms with Gasteiger partial charge in [-0.2, -0.15) is 0 Å². The van der Waals surface area contributed by atoms with E-state index in [-0.39, 0.29) is 11.9 Å². The van der Waals surface area contributed by atoms with E-state index in [2.05, 4.69) is 29.7 Å². The Labute approximate surface area is 141 Å². The summed E-state index contributed by atoms with van der Waals surface area (Å²) in [6, 6.07) is 0.260. The minimum Gasteiger partial charge on any atom is -0.348 e. The maximum atomic E-state index is 12.1. The van der Waals surface area contributed by atoms with Crippen LogP contribution in [-0.4, -0.2) is 49.5 Å². The maximum absolute atomic E-state index is 12.1. The molecule has 1 saturated carbocycles. The minimum atomic E-state index is -0.118. The molecule has 3 heterocycles. The van der Waals surface area contributed by atoms with Crippen LogP contribution in [0.2, 0.25) is 0 Å². The van der Waals surface area contributed by atoms with E-state index >= 15 is 0 Å². The zero-order valence-corrected chi connectivity index (χ0v) is 13.9. The van der Waals surface area contributed by atoms with E-state index in [9.17, 15) is 4.79 Å². The summed E-state index contributed by atoms with van der Waals surface area (Å²) >= 11 is 0. The highest BCUT2D eigenvalue weighted by atomic mass is 16.2. The Bertz CT molecular complexity index is 722. The molecule has 1 N–H and O–H groups in total. The number of hydrogen-bond donors (Lipinski definition) is 1. The minimum absolute atomic E-state index is 0.118. The summed E-state index contributed by atoms with van der Waals surface area (Å²) in [5.41, 5.74) is 2.01. The first-order valence-electron chi connectivity index (χ1n) is 8.38. The molecule has 126 valence electrons. The maximum Gasteiger partial charge on any atom is 0.271 e. The lowest BCUT2D eigenvalue weighted by atomic mass is 9.65. The highest BCUT2D eigenvalue weighted by molar-refractivity contribution is 5.92. The van der Waals surface area contributed by atoms with Crippen molar-refractivity contribution < 1.29 is 4.79 Å². The van der Waals surface area contributed by atoms with Crippen LogP contribution in [0.3, 0.4) is 0 Å². The summed E-state index contributed by atoms with van der Waals surface area (Å²) in [5.74, 6) is -0.118. The Morgan fingerprint density at radius 1 is 1.33 bits per heavy atom. The Kier molecular flexibility index (Phi) is 3.80. The molecular weight excluding hydrogens is 304 g/mol. The molecule has 1 spiro atoms. The molecule has 0 unspecified atom stereocenters. The summed E-state index contributed by atoms with van der Waals surface area (Å²) in [6.07, 6.45) is 11.7. The van der Waals surface area contributed by atoms with Crippen LogP contribution in [0.5, 0.6) is 0 Å². The average molecular weight is 326 g/mol. The standard InChI is InChI=1S/C17H22N6O/c1-22-12-19-8-14(22)10-23-5-2-17(11-23)6-13(7-17)21-16(24)15-9-18-3-4-20-15/h3-4,8-9,12-13H,2,5-7,10-11H2,1H3,(H,21,24). The van der Waals surface area contributed by atoms with Crippen molar-refractivity contribution in [2.45, 2.75) is 31.8 Å². The number of rotatable bonds is 4. The first-order chi connectivity index (χ1) is 11.6. The van der Waals surface area contributed by atoms with Gasteiger partial charge in [-0.05, 0) is 31.2 Å². The van der Waals surface area contributed by atoms with Crippen molar-refractivity contribution in [1.82, 2.24) is 29.7 Å². The molecule has 24 heavy (non-hydrogen) atoms. The molecule has 1 aliphatic carbocycles. The van der Waals surface area contributed by atoms with Gasteiger partial charge in [0.1, 0.15) is 5.69 Å². The molecule has 4 rings (SSSR count). The lowest BCUT2D eigenvalue weighted by Crippen LogP contribution is -2.52. The molecule has 1 saturated heterocycles. The van der Waals surface area contributed by atoms with Gasteiger partial charge in [0, 0.05) is 44.8 Å². The van der Waals surface area contributed by atoms with Crippen LogP contribution < -0.4 is 5.32 Å². The lowest BCUT2D eigenvalue weighted by Gasteiger charge is -2.45. The molecule has 1 aliphatic heterocycles. The third kappa shape index (κ3) is 2.91. The smallest absolute Gasteiger partial charge is 0.271 e. The Hall–Kier alpha value is -2.28. The van der Waals surface area contributed by atoms with E-state index in [0.717, 1.165) is 32.5 Å². The molecule has 0 aromatic carbocycles. The van der Waals surface area contributed by atoms with Crippen molar-refractivity contribution in [3.63, 3.8) is 0 Å². The molecule has 2 aromatic rings. The topological polar surface area (TPSA) is 75.9 Å². The number of likely N-dealkylation sites (tertiary alicyclic amines) is 1. The number of hydrogen-bond acceptors (Lipinski definition) is 5. The lowest BCUT2D eigenvalue weighted by molar-refractivity contribution is 0.0689. The first kappa shape index (κ1) is 15.3. The van der Waals surface area contributed by atoms with Crippen molar-refractivity contribution in [2.24, 2.45) is 12.5 Å². The second-order valence-corrected chi connectivity index (χ2v) is 7.13. The molecule has 0 radical (unpaired) electrons.